The Bertz CT molecular complexity index is 717. The number of hydrogen-bond acceptors (Lipinski definition) is 3. The summed E-state index contributed by atoms with van der Waals surface area (Å²) in [7, 11) is 0. The monoisotopic (exact) mass is 367 g/mol. The van der Waals surface area contributed by atoms with Gasteiger partial charge in [-0.1, -0.05) is 23.2 Å². The summed E-state index contributed by atoms with van der Waals surface area (Å²) in [6.07, 6.45) is 0.349. The van der Waals surface area contributed by atoms with E-state index >= 15 is 0 Å². The Hall–Kier alpha value is -1.49. The lowest BCUT2D eigenvalue weighted by atomic mass is 10.1. The van der Waals surface area contributed by atoms with Crippen LogP contribution in [0.4, 0.5) is 5.69 Å². The molecule has 2 aromatic carbocycles. The molecule has 0 aliphatic carbocycles. The van der Waals surface area contributed by atoms with E-state index in [0.29, 0.717) is 33.5 Å². The molecule has 0 atom stereocenters. The van der Waals surface area contributed by atoms with Crippen LogP contribution >= 0.6 is 35.0 Å². The highest BCUT2D eigenvalue weighted by atomic mass is 35.5. The molecular weight excluding hydrogens is 353 g/mol. The Morgan fingerprint density at radius 1 is 1.09 bits per heavy atom. The molecule has 6 heteroatoms. The fourth-order valence-corrected chi connectivity index (χ4v) is 3.29. The van der Waals surface area contributed by atoms with Crippen molar-refractivity contribution in [2.24, 2.45) is 0 Å². The quantitative estimate of drug-likeness (QED) is 0.555. The summed E-state index contributed by atoms with van der Waals surface area (Å²) < 4.78 is 0. The molecule has 0 spiro atoms. The number of rotatable bonds is 6. The number of benzene rings is 2. The number of amides is 1. The van der Waals surface area contributed by atoms with E-state index < -0.39 is 0 Å². The standard InChI is InChI=1S/C17H15Cl2NO2S/c1-11(21)12-2-5-14(6-3-12)20-17(22)8-9-23-16-10-13(18)4-7-15(16)19/h2-7,10H,8-9H2,1H3,(H,20,22). The third-order valence-electron chi connectivity index (χ3n) is 3.06. The van der Waals surface area contributed by atoms with E-state index in [2.05, 4.69) is 5.32 Å². The molecule has 0 saturated carbocycles. The van der Waals surface area contributed by atoms with Gasteiger partial charge in [0.05, 0.1) is 5.02 Å². The zero-order valence-corrected chi connectivity index (χ0v) is 14.8. The van der Waals surface area contributed by atoms with Gasteiger partial charge in [-0.25, -0.2) is 0 Å². The molecule has 0 radical (unpaired) electrons. The van der Waals surface area contributed by atoms with Crippen molar-refractivity contribution in [3.8, 4) is 0 Å². The van der Waals surface area contributed by atoms with Gasteiger partial charge in [0.2, 0.25) is 5.91 Å². The summed E-state index contributed by atoms with van der Waals surface area (Å²) in [4.78, 5) is 24.0. The topological polar surface area (TPSA) is 46.2 Å². The summed E-state index contributed by atoms with van der Waals surface area (Å²) in [5.74, 6) is 0.501. The molecule has 0 heterocycles. The van der Waals surface area contributed by atoms with E-state index in [-0.39, 0.29) is 11.7 Å². The van der Waals surface area contributed by atoms with Crippen molar-refractivity contribution in [3.63, 3.8) is 0 Å². The molecule has 0 fully saturated rings. The number of carbonyl (C=O) groups is 2. The van der Waals surface area contributed by atoms with Crippen LogP contribution in [-0.4, -0.2) is 17.4 Å². The van der Waals surface area contributed by atoms with Crippen LogP contribution in [0.1, 0.15) is 23.7 Å². The number of anilines is 1. The number of hydrogen-bond donors (Lipinski definition) is 1. The summed E-state index contributed by atoms with van der Waals surface area (Å²) in [5.41, 5.74) is 1.29. The van der Waals surface area contributed by atoms with E-state index in [1.165, 1.54) is 18.7 Å². The molecule has 0 saturated heterocycles. The van der Waals surface area contributed by atoms with Crippen LogP contribution in [0.25, 0.3) is 0 Å². The molecule has 3 nitrogen and oxygen atoms in total. The smallest absolute Gasteiger partial charge is 0.225 e. The highest BCUT2D eigenvalue weighted by molar-refractivity contribution is 7.99. The van der Waals surface area contributed by atoms with E-state index in [4.69, 9.17) is 23.2 Å². The molecule has 1 amide bonds. The number of carbonyl (C=O) groups excluding carboxylic acids is 2. The maximum absolute atomic E-state index is 11.9. The minimum atomic E-state index is -0.0915. The zero-order valence-electron chi connectivity index (χ0n) is 12.4. The molecule has 1 N–H and O–H groups in total. The average molecular weight is 368 g/mol. The Kier molecular flexibility index (Phi) is 6.51. The molecule has 2 aromatic rings. The van der Waals surface area contributed by atoms with Crippen LogP contribution in [0.3, 0.4) is 0 Å². The molecule has 0 aliphatic rings. The Morgan fingerprint density at radius 2 is 1.78 bits per heavy atom. The molecule has 120 valence electrons. The third kappa shape index (κ3) is 5.57. The average Bonchev–Trinajstić information content (AvgIpc) is 2.51. The van der Waals surface area contributed by atoms with Crippen LogP contribution in [0.5, 0.6) is 0 Å². The van der Waals surface area contributed by atoms with Crippen LogP contribution < -0.4 is 5.32 Å². The Balaban J connectivity index is 1.83. The molecule has 0 bridgehead atoms. The van der Waals surface area contributed by atoms with Gasteiger partial charge in [-0.05, 0) is 49.4 Å². The molecule has 23 heavy (non-hydrogen) atoms. The van der Waals surface area contributed by atoms with E-state index in [1.807, 2.05) is 0 Å². The second kappa shape index (κ2) is 8.39. The van der Waals surface area contributed by atoms with Crippen molar-refractivity contribution in [1.29, 1.82) is 0 Å². The van der Waals surface area contributed by atoms with Gasteiger partial charge in [-0.3, -0.25) is 9.59 Å². The molecule has 0 aromatic heterocycles. The van der Waals surface area contributed by atoms with Crippen LogP contribution in [-0.2, 0) is 4.79 Å². The summed E-state index contributed by atoms with van der Waals surface area (Å²) >= 11 is 13.5. The second-order valence-corrected chi connectivity index (χ2v) is 6.84. The van der Waals surface area contributed by atoms with Crippen molar-refractivity contribution in [1.82, 2.24) is 0 Å². The number of halogens is 2. The fourth-order valence-electron chi connectivity index (χ4n) is 1.85. The van der Waals surface area contributed by atoms with Crippen molar-refractivity contribution in [2.45, 2.75) is 18.2 Å². The summed E-state index contributed by atoms with van der Waals surface area (Å²) in [6, 6.07) is 12.1. The van der Waals surface area contributed by atoms with Crippen molar-refractivity contribution >= 4 is 52.3 Å². The minimum absolute atomic E-state index is 0.00215. The highest BCUT2D eigenvalue weighted by Gasteiger charge is 2.06. The number of nitrogens with one attached hydrogen (secondary N) is 1. The van der Waals surface area contributed by atoms with Gasteiger partial charge in [-0.15, -0.1) is 11.8 Å². The highest BCUT2D eigenvalue weighted by Crippen LogP contribution is 2.30. The number of Topliss-reactive ketones (excluding diaryl/α,β-unsaturated/α-hetero) is 1. The fraction of sp³-hybridized carbons (Fsp3) is 0.176. The molecular formula is C17H15Cl2NO2S. The van der Waals surface area contributed by atoms with Crippen LogP contribution in [0.2, 0.25) is 10.0 Å². The molecule has 0 unspecified atom stereocenters. The zero-order chi connectivity index (χ0) is 16.8. The number of thioether (sulfide) groups is 1. The van der Waals surface area contributed by atoms with Gasteiger partial charge in [0.25, 0.3) is 0 Å². The normalized spacial score (nSPS) is 10.4. The molecule has 0 aliphatic heterocycles. The maximum Gasteiger partial charge on any atom is 0.225 e. The minimum Gasteiger partial charge on any atom is -0.326 e. The summed E-state index contributed by atoms with van der Waals surface area (Å²) in [5, 5.41) is 4.04. The van der Waals surface area contributed by atoms with Crippen molar-refractivity contribution < 1.29 is 9.59 Å². The van der Waals surface area contributed by atoms with E-state index in [1.54, 1.807) is 42.5 Å². The number of ketones is 1. The first-order chi connectivity index (χ1) is 11.0. The predicted molar refractivity (Wildman–Crippen MR) is 96.9 cm³/mol. The first-order valence-electron chi connectivity index (χ1n) is 6.94. The van der Waals surface area contributed by atoms with Gasteiger partial charge in [0.1, 0.15) is 0 Å². The van der Waals surface area contributed by atoms with Gasteiger partial charge < -0.3 is 5.32 Å². The SMILES string of the molecule is CC(=O)c1ccc(NC(=O)CCSc2cc(Cl)ccc2Cl)cc1. The second-order valence-electron chi connectivity index (χ2n) is 4.85. The van der Waals surface area contributed by atoms with Gasteiger partial charge in [-0.2, -0.15) is 0 Å². The first-order valence-corrected chi connectivity index (χ1v) is 8.68. The first kappa shape index (κ1) is 17.9. The Morgan fingerprint density at radius 3 is 2.43 bits per heavy atom. The predicted octanol–water partition coefficient (Wildman–Crippen LogP) is 5.32. The van der Waals surface area contributed by atoms with Crippen molar-refractivity contribution in [2.75, 3.05) is 11.1 Å². The van der Waals surface area contributed by atoms with Crippen molar-refractivity contribution in [3.05, 3.63) is 58.1 Å². The van der Waals surface area contributed by atoms with Crippen LogP contribution in [0, 0.1) is 0 Å². The summed E-state index contributed by atoms with van der Waals surface area (Å²) in [6.45, 7) is 1.51. The lowest BCUT2D eigenvalue weighted by Gasteiger charge is -2.07. The van der Waals surface area contributed by atoms with E-state index in [9.17, 15) is 9.59 Å². The van der Waals surface area contributed by atoms with Gasteiger partial charge in [0, 0.05) is 33.3 Å². The van der Waals surface area contributed by atoms with Gasteiger partial charge >= 0.3 is 0 Å². The van der Waals surface area contributed by atoms with E-state index in [0.717, 1.165) is 4.90 Å². The third-order valence-corrected chi connectivity index (χ3v) is 4.79. The van der Waals surface area contributed by atoms with Crippen LogP contribution in [0.15, 0.2) is 47.4 Å². The van der Waals surface area contributed by atoms with Gasteiger partial charge in [0.15, 0.2) is 5.78 Å². The molecule has 2 rings (SSSR count). The lowest BCUT2D eigenvalue weighted by Crippen LogP contribution is -2.12. The lowest BCUT2D eigenvalue weighted by molar-refractivity contribution is -0.115. The largest absolute Gasteiger partial charge is 0.326 e. The maximum atomic E-state index is 11.9. The Labute approximate surface area is 149 Å².